The van der Waals surface area contributed by atoms with E-state index in [4.69, 9.17) is 0 Å². The van der Waals surface area contributed by atoms with Gasteiger partial charge in [-0.25, -0.2) is 9.37 Å². The van der Waals surface area contributed by atoms with Crippen LogP contribution in [0.1, 0.15) is 53.6 Å². The highest BCUT2D eigenvalue weighted by Crippen LogP contribution is 2.21. The molecule has 1 aromatic carbocycles. The summed E-state index contributed by atoms with van der Waals surface area (Å²) in [6, 6.07) is 12.5. The molecular weight excluding hydrogens is 435 g/mol. The average Bonchev–Trinajstić information content (AvgIpc) is 3.31. The molecule has 0 saturated heterocycles. The number of halogens is 1. The smallest absolute Gasteiger partial charge is 0.259 e. The molecule has 4 aromatic rings. The molecule has 9 heteroatoms. The number of nitrogens with zero attached hydrogens (tertiary/aromatic N) is 5. The van der Waals surface area contributed by atoms with Crippen molar-refractivity contribution in [1.29, 1.82) is 0 Å². The normalized spacial score (nSPS) is 10.6. The number of pyridine rings is 2. The topological polar surface area (TPSA) is 103 Å². The summed E-state index contributed by atoms with van der Waals surface area (Å²) in [4.78, 5) is 33.6. The van der Waals surface area contributed by atoms with Crippen molar-refractivity contribution in [2.24, 2.45) is 0 Å². The van der Waals surface area contributed by atoms with Crippen LogP contribution in [0.2, 0.25) is 0 Å². The van der Waals surface area contributed by atoms with Crippen molar-refractivity contribution in [2.75, 3.05) is 5.32 Å². The number of ketones is 1. The van der Waals surface area contributed by atoms with E-state index in [1.165, 1.54) is 30.6 Å². The maximum absolute atomic E-state index is 14.4. The number of benzene rings is 1. The number of amides is 1. The maximum atomic E-state index is 14.4. The van der Waals surface area contributed by atoms with Gasteiger partial charge >= 0.3 is 0 Å². The Balaban J connectivity index is 0.00000324. The van der Waals surface area contributed by atoms with Gasteiger partial charge in [-0.3, -0.25) is 14.6 Å². The van der Waals surface area contributed by atoms with Crippen LogP contribution < -0.4 is 5.32 Å². The van der Waals surface area contributed by atoms with Gasteiger partial charge in [0.05, 0.1) is 5.56 Å². The largest absolute Gasteiger partial charge is 0.310 e. The predicted molar refractivity (Wildman–Crippen MR) is 127 cm³/mol. The number of nitrogens with one attached hydrogen (secondary N) is 1. The number of aromatic nitrogens is 5. The SMILES string of the molecule is C.CC(C)n1cnnc1-c1cccc(NC(=O)c2cc(CC(=O)c3ccncc3)ccc2F)n1. The molecule has 3 aromatic heterocycles. The molecule has 0 bridgehead atoms. The first-order valence-electron chi connectivity index (χ1n) is 10.3. The Morgan fingerprint density at radius 2 is 1.85 bits per heavy atom. The standard InChI is InChI=1S/C24H21FN6O2.CH4/c1-15(2)31-14-27-30-23(31)20-4-3-5-22(28-20)29-24(33)18-12-16(6-7-19(18)25)13-21(32)17-8-10-26-11-9-17;/h3-12,14-15H,13H2,1-2H3,(H,28,29,33);1H4. The summed E-state index contributed by atoms with van der Waals surface area (Å²) in [5, 5.41) is 10.7. The van der Waals surface area contributed by atoms with Crippen LogP contribution in [-0.4, -0.2) is 36.4 Å². The summed E-state index contributed by atoms with van der Waals surface area (Å²) in [6.45, 7) is 3.99. The lowest BCUT2D eigenvalue weighted by atomic mass is 10.0. The summed E-state index contributed by atoms with van der Waals surface area (Å²) in [5.74, 6) is -0.708. The minimum Gasteiger partial charge on any atom is -0.310 e. The molecule has 8 nitrogen and oxygen atoms in total. The van der Waals surface area contributed by atoms with Crippen molar-refractivity contribution < 1.29 is 14.0 Å². The first-order chi connectivity index (χ1) is 15.9. The first-order valence-corrected chi connectivity index (χ1v) is 10.3. The van der Waals surface area contributed by atoms with Crippen molar-refractivity contribution in [3.8, 4) is 11.5 Å². The van der Waals surface area contributed by atoms with E-state index in [0.717, 1.165) is 0 Å². The average molecular weight is 461 g/mol. The second-order valence-electron chi connectivity index (χ2n) is 7.67. The van der Waals surface area contributed by atoms with Crippen LogP contribution >= 0.6 is 0 Å². The quantitative estimate of drug-likeness (QED) is 0.399. The molecule has 0 aliphatic rings. The van der Waals surface area contributed by atoms with Crippen molar-refractivity contribution in [1.82, 2.24) is 24.7 Å². The molecule has 0 unspecified atom stereocenters. The number of hydrogen-bond donors (Lipinski definition) is 1. The van der Waals surface area contributed by atoms with Gasteiger partial charge in [0.1, 0.15) is 23.7 Å². The van der Waals surface area contributed by atoms with Gasteiger partial charge in [0, 0.05) is 30.4 Å². The number of Topliss-reactive ketones (excluding diaryl/α,β-unsaturated/α-hetero) is 1. The molecular formula is C25H25FN6O2. The van der Waals surface area contributed by atoms with Gasteiger partial charge in [0.15, 0.2) is 11.6 Å². The Kier molecular flexibility index (Phi) is 7.57. The van der Waals surface area contributed by atoms with E-state index >= 15 is 0 Å². The van der Waals surface area contributed by atoms with Crippen LogP contribution in [0, 0.1) is 5.82 Å². The van der Waals surface area contributed by atoms with Crippen molar-refractivity contribution in [2.45, 2.75) is 33.7 Å². The highest BCUT2D eigenvalue weighted by molar-refractivity contribution is 6.04. The van der Waals surface area contributed by atoms with Gasteiger partial charge in [0.25, 0.3) is 5.91 Å². The first kappa shape index (κ1) is 24.4. The van der Waals surface area contributed by atoms with E-state index in [2.05, 4.69) is 25.5 Å². The second kappa shape index (κ2) is 10.6. The van der Waals surface area contributed by atoms with Crippen LogP contribution in [0.5, 0.6) is 0 Å². The molecule has 3 heterocycles. The molecule has 0 atom stereocenters. The maximum Gasteiger partial charge on any atom is 0.259 e. The Morgan fingerprint density at radius 3 is 2.59 bits per heavy atom. The van der Waals surface area contributed by atoms with Crippen LogP contribution in [0.25, 0.3) is 11.5 Å². The van der Waals surface area contributed by atoms with E-state index in [-0.39, 0.29) is 37.1 Å². The third kappa shape index (κ3) is 5.37. The van der Waals surface area contributed by atoms with Crippen LogP contribution in [0.15, 0.2) is 67.3 Å². The highest BCUT2D eigenvalue weighted by Gasteiger charge is 2.17. The second-order valence-corrected chi connectivity index (χ2v) is 7.67. The predicted octanol–water partition coefficient (Wildman–Crippen LogP) is 4.77. The lowest BCUT2D eigenvalue weighted by Crippen LogP contribution is -2.16. The van der Waals surface area contributed by atoms with Crippen LogP contribution in [0.4, 0.5) is 10.2 Å². The summed E-state index contributed by atoms with van der Waals surface area (Å²) in [7, 11) is 0. The molecule has 0 fully saturated rings. The van der Waals surface area contributed by atoms with E-state index in [1.807, 2.05) is 18.4 Å². The number of rotatable bonds is 7. The highest BCUT2D eigenvalue weighted by atomic mass is 19.1. The minimum atomic E-state index is -0.691. The zero-order valence-corrected chi connectivity index (χ0v) is 18.1. The molecule has 34 heavy (non-hydrogen) atoms. The molecule has 174 valence electrons. The van der Waals surface area contributed by atoms with Gasteiger partial charge in [-0.2, -0.15) is 0 Å². The van der Waals surface area contributed by atoms with Crippen LogP contribution in [0.3, 0.4) is 0 Å². The van der Waals surface area contributed by atoms with Crippen molar-refractivity contribution >= 4 is 17.5 Å². The molecule has 0 radical (unpaired) electrons. The van der Waals surface area contributed by atoms with Gasteiger partial charge in [-0.05, 0) is 55.8 Å². The summed E-state index contributed by atoms with van der Waals surface area (Å²) in [5.41, 5.74) is 1.37. The lowest BCUT2D eigenvalue weighted by molar-refractivity contribution is 0.0988. The number of hydrogen-bond acceptors (Lipinski definition) is 6. The third-order valence-electron chi connectivity index (χ3n) is 4.99. The number of carbonyl (C=O) groups is 2. The van der Waals surface area contributed by atoms with Gasteiger partial charge in [-0.1, -0.05) is 19.6 Å². The molecule has 0 aliphatic carbocycles. The fraction of sp³-hybridized carbons (Fsp3) is 0.200. The minimum absolute atomic E-state index is 0. The molecule has 4 rings (SSSR count). The Hall–Kier alpha value is -4.27. The molecule has 1 amide bonds. The number of anilines is 1. The Labute approximate surface area is 196 Å². The van der Waals surface area contributed by atoms with E-state index in [9.17, 15) is 14.0 Å². The molecule has 0 aliphatic heterocycles. The lowest BCUT2D eigenvalue weighted by Gasteiger charge is -2.11. The molecule has 0 spiro atoms. The van der Waals surface area contributed by atoms with Gasteiger partial charge in [-0.15, -0.1) is 10.2 Å². The van der Waals surface area contributed by atoms with E-state index < -0.39 is 11.7 Å². The van der Waals surface area contributed by atoms with Crippen LogP contribution in [-0.2, 0) is 6.42 Å². The monoisotopic (exact) mass is 460 g/mol. The molecule has 1 N–H and O–H groups in total. The van der Waals surface area contributed by atoms with Gasteiger partial charge in [0.2, 0.25) is 0 Å². The fourth-order valence-corrected chi connectivity index (χ4v) is 3.30. The number of carbonyl (C=O) groups excluding carboxylic acids is 2. The van der Waals surface area contributed by atoms with Gasteiger partial charge < -0.3 is 9.88 Å². The van der Waals surface area contributed by atoms with E-state index in [1.54, 1.807) is 36.7 Å². The summed E-state index contributed by atoms with van der Waals surface area (Å²) >= 11 is 0. The fourth-order valence-electron chi connectivity index (χ4n) is 3.30. The Morgan fingerprint density at radius 1 is 1.09 bits per heavy atom. The Bertz CT molecular complexity index is 1300. The summed E-state index contributed by atoms with van der Waals surface area (Å²) < 4.78 is 16.3. The third-order valence-corrected chi connectivity index (χ3v) is 4.99. The zero-order valence-electron chi connectivity index (χ0n) is 18.1. The van der Waals surface area contributed by atoms with Crippen molar-refractivity contribution in [3.63, 3.8) is 0 Å². The zero-order chi connectivity index (χ0) is 23.4. The van der Waals surface area contributed by atoms with Crippen molar-refractivity contribution in [3.05, 3.63) is 89.8 Å². The molecule has 0 saturated carbocycles. The van der Waals surface area contributed by atoms with E-state index in [0.29, 0.717) is 22.6 Å². The summed E-state index contributed by atoms with van der Waals surface area (Å²) in [6.07, 6.45) is 4.70.